The van der Waals surface area contributed by atoms with Crippen LogP contribution in [0, 0.1) is 5.82 Å². The van der Waals surface area contributed by atoms with Gasteiger partial charge in [0, 0.05) is 43.8 Å². The van der Waals surface area contributed by atoms with Crippen LogP contribution in [0.25, 0.3) is 10.2 Å². The van der Waals surface area contributed by atoms with Crippen molar-refractivity contribution in [2.24, 2.45) is 0 Å². The van der Waals surface area contributed by atoms with Crippen LogP contribution in [-0.4, -0.2) is 75.6 Å². The molecule has 0 saturated carbocycles. The molecule has 11 heteroatoms. The molecule has 7 nitrogen and oxygen atoms in total. The lowest BCUT2D eigenvalue weighted by molar-refractivity contribution is -0.118. The Morgan fingerprint density at radius 3 is 2.66 bits per heavy atom. The number of ether oxygens (including phenoxy) is 1. The van der Waals surface area contributed by atoms with Crippen LogP contribution in [0.1, 0.15) is 12.8 Å². The minimum Gasteiger partial charge on any atom is -0.379 e. The summed E-state index contributed by atoms with van der Waals surface area (Å²) in [5.74, 6) is 0.417. The number of fused-ring (bicyclic) bond motifs is 1. The van der Waals surface area contributed by atoms with E-state index >= 15 is 0 Å². The van der Waals surface area contributed by atoms with Crippen molar-refractivity contribution < 1.29 is 22.3 Å². The molecular weight excluding hydrogens is 509 g/mol. The molecule has 2 aromatic carbocycles. The fourth-order valence-electron chi connectivity index (χ4n) is 3.80. The van der Waals surface area contributed by atoms with Gasteiger partial charge in [-0.1, -0.05) is 17.4 Å². The lowest BCUT2D eigenvalue weighted by Gasteiger charge is -2.29. The van der Waals surface area contributed by atoms with E-state index in [0.717, 1.165) is 28.4 Å². The lowest BCUT2D eigenvalue weighted by Crippen LogP contribution is -2.43. The summed E-state index contributed by atoms with van der Waals surface area (Å²) in [6, 6.07) is 11.4. The van der Waals surface area contributed by atoms with Crippen LogP contribution in [0.3, 0.4) is 0 Å². The van der Waals surface area contributed by atoms with Crippen molar-refractivity contribution in [3.05, 3.63) is 48.3 Å². The summed E-state index contributed by atoms with van der Waals surface area (Å²) in [5.41, 5.74) is 0.408. The average molecular weight is 538 g/mol. The van der Waals surface area contributed by atoms with Crippen LogP contribution in [0.15, 0.2) is 52.3 Å². The number of para-hydroxylation sites is 1. The maximum absolute atomic E-state index is 13.3. The second-order valence-electron chi connectivity index (χ2n) is 8.28. The van der Waals surface area contributed by atoms with E-state index in [1.165, 1.54) is 29.7 Å². The van der Waals surface area contributed by atoms with Gasteiger partial charge < -0.3 is 4.74 Å². The van der Waals surface area contributed by atoms with E-state index in [0.29, 0.717) is 49.8 Å². The van der Waals surface area contributed by atoms with Crippen molar-refractivity contribution >= 4 is 54.2 Å². The number of nitrogens with zero attached hydrogens (tertiary/aromatic N) is 3. The molecule has 1 amide bonds. The molecule has 1 aliphatic rings. The zero-order valence-electron chi connectivity index (χ0n) is 19.5. The molecule has 1 aromatic heterocycles. The first-order chi connectivity index (χ1) is 16.8. The largest absolute Gasteiger partial charge is 0.379 e. The molecule has 2 heterocycles. The Hall–Kier alpha value is -2.05. The lowest BCUT2D eigenvalue weighted by atomic mass is 10.3. The van der Waals surface area contributed by atoms with E-state index in [1.54, 1.807) is 40.9 Å². The Morgan fingerprint density at radius 1 is 1.20 bits per heavy atom. The summed E-state index contributed by atoms with van der Waals surface area (Å²) in [6.45, 7) is 4.13. The van der Waals surface area contributed by atoms with Gasteiger partial charge in [0.15, 0.2) is 15.0 Å². The molecule has 0 aliphatic carbocycles. The highest BCUT2D eigenvalue weighted by Gasteiger charge is 2.23. The molecule has 0 unspecified atom stereocenters. The number of carbonyl (C=O) groups excluding carboxylic acids is 1. The van der Waals surface area contributed by atoms with Gasteiger partial charge in [0.05, 0.1) is 22.8 Å². The molecule has 0 atom stereocenters. The van der Waals surface area contributed by atoms with Gasteiger partial charge >= 0.3 is 0 Å². The highest BCUT2D eigenvalue weighted by molar-refractivity contribution is 7.99. The average Bonchev–Trinajstić information content (AvgIpc) is 3.27. The standard InChI is InChI=1S/C24H28FN3O4S3/c1-35(30,31)21-5-2-4-20-23(21)26-24(34-20)28(12-11-27-13-15-32-16-14-27)22(29)6-3-17-33-19-9-7-18(25)8-10-19/h2,4-5,7-10H,3,6,11-17H2,1H3. The quantitative estimate of drug-likeness (QED) is 0.285. The first-order valence-corrected chi connectivity index (χ1v) is 15.1. The van der Waals surface area contributed by atoms with Gasteiger partial charge in [0.2, 0.25) is 5.91 Å². The Balaban J connectivity index is 1.48. The number of amides is 1. The number of benzene rings is 2. The first kappa shape index (κ1) is 26.0. The minimum absolute atomic E-state index is 0.0436. The predicted molar refractivity (Wildman–Crippen MR) is 139 cm³/mol. The molecule has 35 heavy (non-hydrogen) atoms. The molecule has 0 spiro atoms. The normalized spacial score (nSPS) is 14.9. The molecule has 188 valence electrons. The van der Waals surface area contributed by atoms with Crippen LogP contribution in [0.5, 0.6) is 0 Å². The second-order valence-corrected chi connectivity index (χ2v) is 12.4. The van der Waals surface area contributed by atoms with Crippen LogP contribution in [-0.2, 0) is 19.4 Å². The van der Waals surface area contributed by atoms with Crippen molar-refractivity contribution in [2.75, 3.05) is 56.3 Å². The first-order valence-electron chi connectivity index (χ1n) is 11.4. The van der Waals surface area contributed by atoms with E-state index in [1.807, 2.05) is 6.07 Å². The number of sulfone groups is 1. The maximum Gasteiger partial charge on any atom is 0.228 e. The number of halogens is 1. The van der Waals surface area contributed by atoms with E-state index in [9.17, 15) is 17.6 Å². The van der Waals surface area contributed by atoms with Crippen molar-refractivity contribution in [3.8, 4) is 0 Å². The number of rotatable bonds is 10. The van der Waals surface area contributed by atoms with E-state index in [-0.39, 0.29) is 16.6 Å². The van der Waals surface area contributed by atoms with Gasteiger partial charge in [-0.3, -0.25) is 14.6 Å². The zero-order valence-corrected chi connectivity index (χ0v) is 21.9. The monoisotopic (exact) mass is 537 g/mol. The molecule has 1 saturated heterocycles. The second kappa shape index (κ2) is 11.8. The molecular formula is C24H28FN3O4S3. The number of hydrogen-bond acceptors (Lipinski definition) is 8. The zero-order chi connectivity index (χ0) is 24.8. The number of aromatic nitrogens is 1. The molecule has 1 fully saturated rings. The minimum atomic E-state index is -3.45. The molecule has 0 bridgehead atoms. The maximum atomic E-state index is 13.3. The number of morpholine rings is 1. The van der Waals surface area contributed by atoms with Crippen LogP contribution in [0.2, 0.25) is 0 Å². The SMILES string of the molecule is CS(=O)(=O)c1cccc2sc(N(CCN3CCOCC3)C(=O)CCCSc3ccc(F)cc3)nc12. The summed E-state index contributed by atoms with van der Waals surface area (Å²) in [7, 11) is -3.45. The van der Waals surface area contributed by atoms with Gasteiger partial charge in [-0.2, -0.15) is 0 Å². The van der Waals surface area contributed by atoms with E-state index in [2.05, 4.69) is 9.88 Å². The van der Waals surface area contributed by atoms with Crippen molar-refractivity contribution in [2.45, 2.75) is 22.6 Å². The fourth-order valence-corrected chi connectivity index (χ4v) is 6.58. The third-order valence-corrected chi connectivity index (χ3v) is 8.93. The van der Waals surface area contributed by atoms with Crippen molar-refractivity contribution in [3.63, 3.8) is 0 Å². The number of hydrogen-bond donors (Lipinski definition) is 0. The molecule has 4 rings (SSSR count). The van der Waals surface area contributed by atoms with Crippen molar-refractivity contribution in [1.29, 1.82) is 0 Å². The van der Waals surface area contributed by atoms with E-state index < -0.39 is 9.84 Å². The Kier molecular flexibility index (Phi) is 8.77. The number of anilines is 1. The van der Waals surface area contributed by atoms with Gasteiger partial charge in [0.1, 0.15) is 11.3 Å². The highest BCUT2D eigenvalue weighted by atomic mass is 32.2. The summed E-state index contributed by atoms with van der Waals surface area (Å²) in [6.07, 6.45) is 2.17. The number of thiazole rings is 1. The molecule has 0 N–H and O–H groups in total. The summed E-state index contributed by atoms with van der Waals surface area (Å²) >= 11 is 2.92. The fraction of sp³-hybridized carbons (Fsp3) is 0.417. The van der Waals surface area contributed by atoms with Crippen molar-refractivity contribution in [1.82, 2.24) is 9.88 Å². The summed E-state index contributed by atoms with van der Waals surface area (Å²) in [5, 5.41) is 0.514. The molecule has 3 aromatic rings. The summed E-state index contributed by atoms with van der Waals surface area (Å²) in [4.78, 5) is 23.0. The Labute approximate surface area is 213 Å². The number of carbonyl (C=O) groups is 1. The third-order valence-electron chi connectivity index (χ3n) is 5.66. The van der Waals surface area contributed by atoms with Gasteiger partial charge in [-0.05, 0) is 48.6 Å². The van der Waals surface area contributed by atoms with E-state index in [4.69, 9.17) is 4.74 Å². The third kappa shape index (κ3) is 7.01. The molecule has 0 radical (unpaired) electrons. The van der Waals surface area contributed by atoms with Crippen LogP contribution in [0.4, 0.5) is 9.52 Å². The predicted octanol–water partition coefficient (Wildman–Crippen LogP) is 4.08. The smallest absolute Gasteiger partial charge is 0.228 e. The highest BCUT2D eigenvalue weighted by Crippen LogP contribution is 2.33. The topological polar surface area (TPSA) is 79.8 Å². The van der Waals surface area contributed by atoms with Gasteiger partial charge in [-0.15, -0.1) is 11.8 Å². The summed E-state index contributed by atoms with van der Waals surface area (Å²) < 4.78 is 43.7. The Morgan fingerprint density at radius 2 is 1.94 bits per heavy atom. The van der Waals surface area contributed by atoms with Gasteiger partial charge in [0.25, 0.3) is 0 Å². The molecule has 1 aliphatic heterocycles. The van der Waals surface area contributed by atoms with Gasteiger partial charge in [-0.25, -0.2) is 17.8 Å². The van der Waals surface area contributed by atoms with Crippen LogP contribution >= 0.6 is 23.1 Å². The Bertz CT molecular complexity index is 1260. The van der Waals surface area contributed by atoms with Crippen LogP contribution < -0.4 is 4.90 Å². The number of thioether (sulfide) groups is 1.